The first kappa shape index (κ1) is 13.3. The fraction of sp³-hybridized carbons (Fsp3) is 0.400. The molecule has 1 saturated carbocycles. The van der Waals surface area contributed by atoms with Gasteiger partial charge < -0.3 is 5.32 Å². The minimum Gasteiger partial charge on any atom is -0.319 e. The van der Waals surface area contributed by atoms with Crippen LogP contribution in [0.25, 0.3) is 11.3 Å². The highest BCUT2D eigenvalue weighted by Gasteiger charge is 2.40. The van der Waals surface area contributed by atoms with E-state index in [1.165, 1.54) is 29.8 Å². The maximum Gasteiger partial charge on any atom is 0.101 e. The molecule has 0 unspecified atom stereocenters. The molecule has 1 heterocycles. The summed E-state index contributed by atoms with van der Waals surface area (Å²) in [5.74, 6) is 0. The van der Waals surface area contributed by atoms with E-state index in [9.17, 15) is 0 Å². The van der Waals surface area contributed by atoms with Crippen LogP contribution in [0.3, 0.4) is 0 Å². The van der Waals surface area contributed by atoms with Gasteiger partial charge in [-0.3, -0.25) is 0 Å². The molecular formula is C15H17BrN2S. The van der Waals surface area contributed by atoms with Crippen molar-refractivity contribution in [3.05, 3.63) is 39.1 Å². The smallest absolute Gasteiger partial charge is 0.101 e. The SMILES string of the molecule is CNCC1(c2nc(-c3ccc(Br)cc3)cs2)CCC1. The average Bonchev–Trinajstić information content (AvgIpc) is 2.84. The number of nitrogens with zero attached hydrogens (tertiary/aromatic N) is 1. The molecule has 4 heteroatoms. The summed E-state index contributed by atoms with van der Waals surface area (Å²) in [7, 11) is 2.03. The average molecular weight is 337 g/mol. The van der Waals surface area contributed by atoms with Crippen LogP contribution < -0.4 is 5.32 Å². The van der Waals surface area contributed by atoms with Gasteiger partial charge in [0, 0.05) is 27.4 Å². The number of nitrogens with one attached hydrogen (secondary N) is 1. The summed E-state index contributed by atoms with van der Waals surface area (Å²) in [6.45, 7) is 1.04. The summed E-state index contributed by atoms with van der Waals surface area (Å²) >= 11 is 5.28. The second kappa shape index (κ2) is 5.35. The van der Waals surface area contributed by atoms with E-state index in [1.54, 1.807) is 0 Å². The fourth-order valence-electron chi connectivity index (χ4n) is 2.68. The third kappa shape index (κ3) is 2.49. The molecule has 1 aromatic heterocycles. The number of thiazole rings is 1. The standard InChI is InChI=1S/C15H17BrN2S/c1-17-10-15(7-2-8-15)14-18-13(9-19-14)11-3-5-12(16)6-4-11/h3-6,9,17H,2,7-8,10H2,1H3. The zero-order valence-corrected chi connectivity index (χ0v) is 13.4. The van der Waals surface area contributed by atoms with Crippen molar-refractivity contribution < 1.29 is 0 Å². The highest BCUT2D eigenvalue weighted by Crippen LogP contribution is 2.45. The van der Waals surface area contributed by atoms with Gasteiger partial charge in [-0.05, 0) is 32.0 Å². The first-order valence-corrected chi connectivity index (χ1v) is 8.27. The molecule has 0 radical (unpaired) electrons. The minimum atomic E-state index is 0.299. The van der Waals surface area contributed by atoms with Gasteiger partial charge in [0.05, 0.1) is 5.69 Å². The van der Waals surface area contributed by atoms with Gasteiger partial charge in [-0.25, -0.2) is 4.98 Å². The van der Waals surface area contributed by atoms with Crippen LogP contribution in [0.15, 0.2) is 34.1 Å². The first-order valence-electron chi connectivity index (χ1n) is 6.60. The number of hydrogen-bond donors (Lipinski definition) is 1. The predicted octanol–water partition coefficient (Wildman–Crippen LogP) is 4.21. The number of benzene rings is 1. The van der Waals surface area contributed by atoms with Gasteiger partial charge in [0.1, 0.15) is 5.01 Å². The van der Waals surface area contributed by atoms with Crippen molar-refractivity contribution >= 4 is 27.3 Å². The van der Waals surface area contributed by atoms with Crippen molar-refractivity contribution in [3.63, 3.8) is 0 Å². The molecule has 2 aromatic rings. The zero-order valence-electron chi connectivity index (χ0n) is 10.9. The van der Waals surface area contributed by atoms with Crippen LogP contribution in [0.5, 0.6) is 0 Å². The van der Waals surface area contributed by atoms with Crippen LogP contribution in [0.2, 0.25) is 0 Å². The number of aromatic nitrogens is 1. The molecule has 1 aliphatic carbocycles. The molecule has 0 atom stereocenters. The molecule has 1 N–H and O–H groups in total. The second-order valence-corrected chi connectivity index (χ2v) is 6.98. The second-order valence-electron chi connectivity index (χ2n) is 5.21. The Bertz CT molecular complexity index is 558. The molecule has 0 amide bonds. The van der Waals surface area contributed by atoms with E-state index in [-0.39, 0.29) is 0 Å². The van der Waals surface area contributed by atoms with Gasteiger partial charge in [-0.2, -0.15) is 0 Å². The highest BCUT2D eigenvalue weighted by molar-refractivity contribution is 9.10. The van der Waals surface area contributed by atoms with E-state index in [2.05, 4.69) is 50.9 Å². The van der Waals surface area contributed by atoms with Gasteiger partial charge in [0.15, 0.2) is 0 Å². The number of rotatable bonds is 4. The van der Waals surface area contributed by atoms with Crippen molar-refractivity contribution in [1.29, 1.82) is 0 Å². The summed E-state index contributed by atoms with van der Waals surface area (Å²) in [5, 5.41) is 6.81. The summed E-state index contributed by atoms with van der Waals surface area (Å²) in [5.41, 5.74) is 2.60. The molecule has 19 heavy (non-hydrogen) atoms. The maximum atomic E-state index is 4.89. The zero-order chi connectivity index (χ0) is 13.3. The van der Waals surface area contributed by atoms with E-state index in [4.69, 9.17) is 4.98 Å². The normalized spacial score (nSPS) is 17.2. The van der Waals surface area contributed by atoms with Crippen molar-refractivity contribution in [2.45, 2.75) is 24.7 Å². The molecule has 1 aliphatic rings. The Labute approximate surface area is 126 Å². The molecule has 1 fully saturated rings. The van der Waals surface area contributed by atoms with Crippen molar-refractivity contribution in [3.8, 4) is 11.3 Å². The van der Waals surface area contributed by atoms with Crippen molar-refractivity contribution in [1.82, 2.24) is 10.3 Å². The molecule has 2 nitrogen and oxygen atoms in total. The Morgan fingerprint density at radius 3 is 2.63 bits per heavy atom. The lowest BCUT2D eigenvalue weighted by atomic mass is 9.69. The first-order chi connectivity index (χ1) is 9.23. The molecule has 0 aliphatic heterocycles. The lowest BCUT2D eigenvalue weighted by Gasteiger charge is -2.40. The third-order valence-corrected chi connectivity index (χ3v) is 5.54. The van der Waals surface area contributed by atoms with Crippen LogP contribution in [0.1, 0.15) is 24.3 Å². The molecule has 0 spiro atoms. The Balaban J connectivity index is 1.88. The van der Waals surface area contributed by atoms with E-state index in [1.807, 2.05) is 18.4 Å². The number of halogens is 1. The Hall–Kier alpha value is -0.710. The lowest BCUT2D eigenvalue weighted by molar-refractivity contribution is 0.238. The van der Waals surface area contributed by atoms with Crippen LogP contribution in [0.4, 0.5) is 0 Å². The highest BCUT2D eigenvalue weighted by atomic mass is 79.9. The van der Waals surface area contributed by atoms with Gasteiger partial charge in [-0.1, -0.05) is 34.5 Å². The molecule has 1 aromatic carbocycles. The molecule has 0 bridgehead atoms. The topological polar surface area (TPSA) is 24.9 Å². The van der Waals surface area contributed by atoms with Gasteiger partial charge in [0.25, 0.3) is 0 Å². The third-order valence-electron chi connectivity index (χ3n) is 3.92. The largest absolute Gasteiger partial charge is 0.319 e. The summed E-state index contributed by atoms with van der Waals surface area (Å²) in [6.07, 6.45) is 3.86. The van der Waals surface area contributed by atoms with E-state index >= 15 is 0 Å². The Morgan fingerprint density at radius 1 is 1.32 bits per heavy atom. The van der Waals surface area contributed by atoms with E-state index in [0.29, 0.717) is 5.41 Å². The summed E-state index contributed by atoms with van der Waals surface area (Å²) < 4.78 is 1.11. The Morgan fingerprint density at radius 2 is 2.05 bits per heavy atom. The molecule has 100 valence electrons. The molecular weight excluding hydrogens is 320 g/mol. The number of hydrogen-bond acceptors (Lipinski definition) is 3. The van der Waals surface area contributed by atoms with Crippen LogP contribution in [0, 0.1) is 0 Å². The summed E-state index contributed by atoms with van der Waals surface area (Å²) in [4.78, 5) is 4.89. The van der Waals surface area contributed by atoms with Gasteiger partial charge in [-0.15, -0.1) is 11.3 Å². The Kier molecular flexibility index (Phi) is 3.74. The quantitative estimate of drug-likeness (QED) is 0.904. The fourth-order valence-corrected chi connectivity index (χ4v) is 4.03. The van der Waals surface area contributed by atoms with E-state index < -0.39 is 0 Å². The van der Waals surface area contributed by atoms with E-state index in [0.717, 1.165) is 16.7 Å². The van der Waals surface area contributed by atoms with Crippen molar-refractivity contribution in [2.75, 3.05) is 13.6 Å². The number of likely N-dealkylation sites (N-methyl/N-ethyl adjacent to an activating group) is 1. The van der Waals surface area contributed by atoms with Crippen molar-refractivity contribution in [2.24, 2.45) is 0 Å². The minimum absolute atomic E-state index is 0.299. The predicted molar refractivity (Wildman–Crippen MR) is 84.7 cm³/mol. The summed E-state index contributed by atoms with van der Waals surface area (Å²) in [6, 6.07) is 8.38. The van der Waals surface area contributed by atoms with Crippen LogP contribution >= 0.6 is 27.3 Å². The molecule has 0 saturated heterocycles. The monoisotopic (exact) mass is 336 g/mol. The van der Waals surface area contributed by atoms with Crippen LogP contribution in [-0.2, 0) is 5.41 Å². The molecule has 3 rings (SSSR count). The van der Waals surface area contributed by atoms with Gasteiger partial charge >= 0.3 is 0 Å². The van der Waals surface area contributed by atoms with Crippen LogP contribution in [-0.4, -0.2) is 18.6 Å². The maximum absolute atomic E-state index is 4.89. The van der Waals surface area contributed by atoms with Gasteiger partial charge in [0.2, 0.25) is 0 Å². The lowest BCUT2D eigenvalue weighted by Crippen LogP contribution is -2.42.